The predicted molar refractivity (Wildman–Crippen MR) is 123 cm³/mol. The number of rotatable bonds is 6. The number of anilines is 1. The van der Waals surface area contributed by atoms with Crippen LogP contribution in [0.2, 0.25) is 5.02 Å². The molecule has 0 unspecified atom stereocenters. The number of halogens is 1. The summed E-state index contributed by atoms with van der Waals surface area (Å²) in [6.45, 7) is 6.77. The first-order chi connectivity index (χ1) is 14.5. The molecule has 2 aliphatic heterocycles. The Morgan fingerprint density at radius 3 is 2.53 bits per heavy atom. The van der Waals surface area contributed by atoms with Crippen LogP contribution in [0.25, 0.3) is 0 Å². The molecule has 1 aromatic carbocycles. The molecule has 30 heavy (non-hydrogen) atoms. The number of hydrogen-bond donors (Lipinski definition) is 3. The summed E-state index contributed by atoms with van der Waals surface area (Å²) in [4.78, 5) is 22.3. The Morgan fingerprint density at radius 2 is 1.90 bits per heavy atom. The van der Waals surface area contributed by atoms with E-state index in [-0.39, 0.29) is 5.91 Å². The van der Waals surface area contributed by atoms with Crippen LogP contribution in [-0.2, 0) is 11.3 Å². The lowest BCUT2D eigenvalue weighted by Gasteiger charge is -2.35. The van der Waals surface area contributed by atoms with E-state index in [1.807, 2.05) is 12.1 Å². The first kappa shape index (κ1) is 22.7. The van der Waals surface area contributed by atoms with Gasteiger partial charge in [0.05, 0.1) is 6.54 Å². The highest BCUT2D eigenvalue weighted by molar-refractivity contribution is 6.31. The van der Waals surface area contributed by atoms with Gasteiger partial charge in [0.2, 0.25) is 5.91 Å². The van der Waals surface area contributed by atoms with Crippen molar-refractivity contribution in [1.29, 1.82) is 0 Å². The van der Waals surface area contributed by atoms with Crippen LogP contribution in [0.1, 0.15) is 18.4 Å². The molecule has 2 saturated heterocycles. The van der Waals surface area contributed by atoms with Gasteiger partial charge in [-0.3, -0.25) is 14.7 Å². The third-order valence-electron chi connectivity index (χ3n) is 5.90. The summed E-state index contributed by atoms with van der Waals surface area (Å²) in [7, 11) is 3.94. The van der Waals surface area contributed by atoms with Gasteiger partial charge in [-0.2, -0.15) is 0 Å². The monoisotopic (exact) mass is 435 g/mol. The SMILES string of the molecule is CN=C(NCc1c(Cl)cccc1N1CCN(C)CC1)NC1CCN(CC(N)=O)CC1. The first-order valence-electron chi connectivity index (χ1n) is 10.6. The number of hydrogen-bond acceptors (Lipinski definition) is 5. The molecule has 0 bridgehead atoms. The summed E-state index contributed by atoms with van der Waals surface area (Å²) in [5, 5.41) is 7.71. The van der Waals surface area contributed by atoms with E-state index in [4.69, 9.17) is 17.3 Å². The van der Waals surface area contributed by atoms with Crippen molar-refractivity contribution in [3.63, 3.8) is 0 Å². The van der Waals surface area contributed by atoms with E-state index in [1.165, 1.54) is 5.69 Å². The zero-order valence-electron chi connectivity index (χ0n) is 18.0. The number of benzene rings is 1. The van der Waals surface area contributed by atoms with Gasteiger partial charge < -0.3 is 26.2 Å². The predicted octanol–water partition coefficient (Wildman–Crippen LogP) is 0.707. The Hall–Kier alpha value is -2.03. The largest absolute Gasteiger partial charge is 0.369 e. The van der Waals surface area contributed by atoms with Crippen LogP contribution in [0.4, 0.5) is 5.69 Å². The molecule has 0 spiro atoms. The lowest BCUT2D eigenvalue weighted by molar-refractivity contribution is -0.119. The van der Waals surface area contributed by atoms with Gasteiger partial charge in [0.25, 0.3) is 0 Å². The Kier molecular flexibility index (Phi) is 8.18. The van der Waals surface area contributed by atoms with Crippen LogP contribution in [0.5, 0.6) is 0 Å². The maximum Gasteiger partial charge on any atom is 0.231 e. The summed E-state index contributed by atoms with van der Waals surface area (Å²) >= 11 is 6.57. The van der Waals surface area contributed by atoms with Crippen LogP contribution in [0.15, 0.2) is 23.2 Å². The van der Waals surface area contributed by atoms with Crippen molar-refractivity contribution >= 4 is 29.2 Å². The first-order valence-corrected chi connectivity index (χ1v) is 11.0. The lowest BCUT2D eigenvalue weighted by atomic mass is 10.1. The number of primary amides is 1. The van der Waals surface area contributed by atoms with Crippen molar-refractivity contribution < 1.29 is 4.79 Å². The molecule has 1 aromatic rings. The van der Waals surface area contributed by atoms with Gasteiger partial charge in [-0.1, -0.05) is 17.7 Å². The molecule has 0 radical (unpaired) electrons. The fourth-order valence-electron chi connectivity index (χ4n) is 4.08. The zero-order valence-corrected chi connectivity index (χ0v) is 18.8. The number of piperazine rings is 1. The van der Waals surface area contributed by atoms with Gasteiger partial charge in [-0.05, 0) is 32.0 Å². The number of likely N-dealkylation sites (N-methyl/N-ethyl adjacent to an activating group) is 1. The molecule has 0 atom stereocenters. The van der Waals surface area contributed by atoms with Crippen molar-refractivity contribution in [2.75, 3.05) is 64.8 Å². The Bertz CT molecular complexity index is 741. The van der Waals surface area contributed by atoms with Gasteiger partial charge in [0.15, 0.2) is 5.96 Å². The molecule has 2 heterocycles. The summed E-state index contributed by atoms with van der Waals surface area (Å²) in [5.41, 5.74) is 7.59. The molecule has 8 nitrogen and oxygen atoms in total. The van der Waals surface area contributed by atoms with Gasteiger partial charge in [0.1, 0.15) is 0 Å². The molecular weight excluding hydrogens is 402 g/mol. The number of piperidine rings is 1. The summed E-state index contributed by atoms with van der Waals surface area (Å²) < 4.78 is 0. The smallest absolute Gasteiger partial charge is 0.231 e. The average Bonchev–Trinajstić information content (AvgIpc) is 2.73. The van der Waals surface area contributed by atoms with Crippen LogP contribution in [-0.4, -0.2) is 87.6 Å². The van der Waals surface area contributed by atoms with Gasteiger partial charge in [-0.15, -0.1) is 0 Å². The van der Waals surface area contributed by atoms with Gasteiger partial charge in [0, 0.05) is 75.2 Å². The summed E-state index contributed by atoms with van der Waals surface area (Å²) in [6.07, 6.45) is 1.90. The zero-order chi connectivity index (χ0) is 21.5. The van der Waals surface area contributed by atoms with Crippen LogP contribution in [0.3, 0.4) is 0 Å². The second-order valence-electron chi connectivity index (χ2n) is 8.11. The molecule has 0 saturated carbocycles. The molecule has 2 aliphatic rings. The van der Waals surface area contributed by atoms with E-state index in [2.05, 4.69) is 43.4 Å². The second kappa shape index (κ2) is 10.8. The van der Waals surface area contributed by atoms with Crippen LogP contribution in [0, 0.1) is 0 Å². The highest BCUT2D eigenvalue weighted by atomic mass is 35.5. The number of nitrogens with two attached hydrogens (primary N) is 1. The standard InChI is InChI=1S/C21H34ClN7O/c1-24-21(26-16-6-8-28(9-7-16)15-20(23)30)25-14-17-18(22)4-3-5-19(17)29-12-10-27(2)11-13-29/h3-5,16H,6-15H2,1-2H3,(H2,23,30)(H2,24,25,26). The number of guanidine groups is 1. The molecule has 3 rings (SSSR count). The minimum atomic E-state index is -0.269. The minimum absolute atomic E-state index is 0.269. The minimum Gasteiger partial charge on any atom is -0.369 e. The number of carbonyl (C=O) groups is 1. The fourth-order valence-corrected chi connectivity index (χ4v) is 4.32. The maximum atomic E-state index is 11.1. The summed E-state index contributed by atoms with van der Waals surface area (Å²) in [6, 6.07) is 6.44. The Balaban J connectivity index is 1.56. The normalized spacial score (nSPS) is 19.7. The summed E-state index contributed by atoms with van der Waals surface area (Å²) in [5.74, 6) is 0.502. The van der Waals surface area contributed by atoms with Crippen molar-refractivity contribution in [3.05, 3.63) is 28.8 Å². The molecular formula is C21H34ClN7O. The number of nitrogens with zero attached hydrogens (tertiary/aromatic N) is 4. The number of nitrogens with one attached hydrogen (secondary N) is 2. The van der Waals surface area contributed by atoms with Crippen molar-refractivity contribution in [2.24, 2.45) is 10.7 Å². The van der Waals surface area contributed by atoms with E-state index in [0.29, 0.717) is 19.1 Å². The molecule has 2 fully saturated rings. The highest BCUT2D eigenvalue weighted by Gasteiger charge is 2.22. The van der Waals surface area contributed by atoms with Crippen molar-refractivity contribution in [2.45, 2.75) is 25.4 Å². The third kappa shape index (κ3) is 6.23. The van der Waals surface area contributed by atoms with E-state index >= 15 is 0 Å². The van der Waals surface area contributed by atoms with Crippen LogP contribution >= 0.6 is 11.6 Å². The molecule has 0 aliphatic carbocycles. The van der Waals surface area contributed by atoms with Crippen molar-refractivity contribution in [3.8, 4) is 0 Å². The fraction of sp³-hybridized carbons (Fsp3) is 0.619. The highest BCUT2D eigenvalue weighted by Crippen LogP contribution is 2.28. The number of carbonyl (C=O) groups excluding carboxylic acids is 1. The molecule has 9 heteroatoms. The molecule has 4 N–H and O–H groups in total. The van der Waals surface area contributed by atoms with Gasteiger partial charge >= 0.3 is 0 Å². The number of amides is 1. The molecule has 0 aromatic heterocycles. The van der Waals surface area contributed by atoms with E-state index < -0.39 is 0 Å². The average molecular weight is 436 g/mol. The third-order valence-corrected chi connectivity index (χ3v) is 6.26. The van der Waals surface area contributed by atoms with E-state index in [1.54, 1.807) is 7.05 Å². The van der Waals surface area contributed by atoms with Crippen molar-refractivity contribution in [1.82, 2.24) is 20.4 Å². The number of aliphatic imine (C=N–C) groups is 1. The Morgan fingerprint density at radius 1 is 1.20 bits per heavy atom. The second-order valence-corrected chi connectivity index (χ2v) is 8.52. The quantitative estimate of drug-likeness (QED) is 0.450. The number of likely N-dealkylation sites (tertiary alicyclic amines) is 1. The maximum absolute atomic E-state index is 11.1. The molecule has 166 valence electrons. The van der Waals surface area contributed by atoms with Gasteiger partial charge in [-0.25, -0.2) is 0 Å². The van der Waals surface area contributed by atoms with E-state index in [9.17, 15) is 4.79 Å². The molecule has 1 amide bonds. The lowest BCUT2D eigenvalue weighted by Crippen LogP contribution is -2.49. The van der Waals surface area contributed by atoms with Crippen LogP contribution < -0.4 is 21.3 Å². The topological polar surface area (TPSA) is 89.2 Å². The Labute approximate surface area is 184 Å². The van der Waals surface area contributed by atoms with E-state index in [0.717, 1.165) is 68.7 Å².